The Morgan fingerprint density at radius 1 is 1.39 bits per heavy atom. The summed E-state index contributed by atoms with van der Waals surface area (Å²) in [6.07, 6.45) is 0.889. The highest BCUT2D eigenvalue weighted by molar-refractivity contribution is 6.33. The molecule has 1 heterocycles. The van der Waals surface area contributed by atoms with Gasteiger partial charge in [0.15, 0.2) is 0 Å². The lowest BCUT2D eigenvalue weighted by Gasteiger charge is -2.07. The monoisotopic (exact) mass is 265 g/mol. The van der Waals surface area contributed by atoms with Crippen LogP contribution in [0.4, 0.5) is 0 Å². The van der Waals surface area contributed by atoms with Crippen LogP contribution in [-0.2, 0) is 0 Å². The molecule has 0 amide bonds. The molecule has 0 aliphatic rings. The first kappa shape index (κ1) is 13.1. The minimum Gasteiger partial charge on any atom is -0.419 e. The number of hydrogen-bond acceptors (Lipinski definition) is 4. The fourth-order valence-electron chi connectivity index (χ4n) is 1.80. The van der Waals surface area contributed by atoms with Crippen LogP contribution in [0, 0.1) is 6.92 Å². The number of nitrogens with one attached hydrogen (secondary N) is 1. The molecule has 0 aliphatic heterocycles. The highest BCUT2D eigenvalue weighted by atomic mass is 35.5. The molecule has 1 unspecified atom stereocenters. The lowest BCUT2D eigenvalue weighted by molar-refractivity contribution is 0.415. The molecule has 1 aromatic heterocycles. The van der Waals surface area contributed by atoms with E-state index in [0.29, 0.717) is 16.8 Å². The second-order valence-electron chi connectivity index (χ2n) is 4.13. The SMILES string of the molecule is CCC(NC)c1nnc(-c2cccc(C)c2Cl)o1. The van der Waals surface area contributed by atoms with Crippen molar-refractivity contribution in [1.82, 2.24) is 15.5 Å². The van der Waals surface area contributed by atoms with Gasteiger partial charge in [-0.2, -0.15) is 0 Å². The van der Waals surface area contributed by atoms with Crippen molar-refractivity contribution in [3.05, 3.63) is 34.7 Å². The fraction of sp³-hybridized carbons (Fsp3) is 0.385. The largest absolute Gasteiger partial charge is 0.419 e. The zero-order valence-electron chi connectivity index (χ0n) is 10.7. The summed E-state index contributed by atoms with van der Waals surface area (Å²) in [5.41, 5.74) is 1.77. The summed E-state index contributed by atoms with van der Waals surface area (Å²) < 4.78 is 5.68. The first-order chi connectivity index (χ1) is 8.67. The second-order valence-corrected chi connectivity index (χ2v) is 4.51. The molecule has 1 atom stereocenters. The van der Waals surface area contributed by atoms with Crippen molar-refractivity contribution in [1.29, 1.82) is 0 Å². The third-order valence-corrected chi connectivity index (χ3v) is 3.42. The molecule has 1 N–H and O–H groups in total. The predicted molar refractivity (Wildman–Crippen MR) is 71.6 cm³/mol. The number of halogens is 1. The van der Waals surface area contributed by atoms with Gasteiger partial charge in [-0.1, -0.05) is 30.7 Å². The Morgan fingerprint density at radius 2 is 2.17 bits per heavy atom. The number of aromatic nitrogens is 2. The van der Waals surface area contributed by atoms with Gasteiger partial charge in [0, 0.05) is 0 Å². The average molecular weight is 266 g/mol. The van der Waals surface area contributed by atoms with E-state index in [2.05, 4.69) is 22.4 Å². The van der Waals surface area contributed by atoms with Gasteiger partial charge in [-0.3, -0.25) is 0 Å². The molecule has 2 rings (SSSR count). The predicted octanol–water partition coefficient (Wildman–Crippen LogP) is 3.37. The van der Waals surface area contributed by atoms with Crippen LogP contribution in [-0.4, -0.2) is 17.2 Å². The maximum Gasteiger partial charge on any atom is 0.249 e. The molecular formula is C13H16ClN3O. The maximum absolute atomic E-state index is 6.24. The minimum atomic E-state index is 0.0786. The van der Waals surface area contributed by atoms with Crippen LogP contribution in [0.5, 0.6) is 0 Å². The van der Waals surface area contributed by atoms with Crippen molar-refractivity contribution in [2.75, 3.05) is 7.05 Å². The summed E-state index contributed by atoms with van der Waals surface area (Å²) in [6, 6.07) is 5.84. The van der Waals surface area contributed by atoms with Crippen LogP contribution in [0.1, 0.15) is 30.8 Å². The minimum absolute atomic E-state index is 0.0786. The highest BCUT2D eigenvalue weighted by Gasteiger charge is 2.17. The average Bonchev–Trinajstić information content (AvgIpc) is 2.84. The molecule has 0 saturated heterocycles. The van der Waals surface area contributed by atoms with Gasteiger partial charge in [0.2, 0.25) is 11.8 Å². The Labute approximate surface area is 111 Å². The van der Waals surface area contributed by atoms with Crippen LogP contribution in [0.2, 0.25) is 5.02 Å². The molecule has 0 bridgehead atoms. The van der Waals surface area contributed by atoms with E-state index in [1.54, 1.807) is 0 Å². The quantitative estimate of drug-likeness (QED) is 0.921. The molecule has 0 saturated carbocycles. The van der Waals surface area contributed by atoms with Crippen molar-refractivity contribution < 1.29 is 4.42 Å². The van der Waals surface area contributed by atoms with Crippen molar-refractivity contribution in [3.63, 3.8) is 0 Å². The maximum atomic E-state index is 6.24. The van der Waals surface area contributed by atoms with Gasteiger partial charge >= 0.3 is 0 Å². The number of rotatable bonds is 4. The summed E-state index contributed by atoms with van der Waals surface area (Å²) in [6.45, 7) is 4.01. The van der Waals surface area contributed by atoms with Crippen LogP contribution in [0.3, 0.4) is 0 Å². The van der Waals surface area contributed by atoms with E-state index in [4.69, 9.17) is 16.0 Å². The molecule has 0 fully saturated rings. The Bertz CT molecular complexity index is 535. The summed E-state index contributed by atoms with van der Waals surface area (Å²) in [4.78, 5) is 0. The Morgan fingerprint density at radius 3 is 2.83 bits per heavy atom. The van der Waals surface area contributed by atoms with Crippen molar-refractivity contribution in [2.45, 2.75) is 26.3 Å². The van der Waals surface area contributed by atoms with Crippen LogP contribution < -0.4 is 5.32 Å². The van der Waals surface area contributed by atoms with E-state index in [1.165, 1.54) is 0 Å². The summed E-state index contributed by atoms with van der Waals surface area (Å²) in [7, 11) is 1.87. The van der Waals surface area contributed by atoms with Gasteiger partial charge in [0.05, 0.1) is 16.6 Å². The molecule has 0 aliphatic carbocycles. The Hall–Kier alpha value is -1.39. The summed E-state index contributed by atoms with van der Waals surface area (Å²) in [5.74, 6) is 1.06. The molecule has 0 spiro atoms. The second kappa shape index (κ2) is 5.50. The number of aryl methyl sites for hydroxylation is 1. The topological polar surface area (TPSA) is 51.0 Å². The summed E-state index contributed by atoms with van der Waals surface area (Å²) in [5, 5.41) is 11.9. The van der Waals surface area contributed by atoms with E-state index in [0.717, 1.165) is 17.5 Å². The number of benzene rings is 1. The van der Waals surface area contributed by atoms with E-state index in [9.17, 15) is 0 Å². The Balaban J connectivity index is 2.38. The lowest BCUT2D eigenvalue weighted by atomic mass is 10.1. The van der Waals surface area contributed by atoms with Gasteiger partial charge in [-0.25, -0.2) is 0 Å². The van der Waals surface area contributed by atoms with Gasteiger partial charge in [0.1, 0.15) is 0 Å². The third kappa shape index (κ3) is 2.40. The molecular weight excluding hydrogens is 250 g/mol. The fourth-order valence-corrected chi connectivity index (χ4v) is 2.01. The van der Waals surface area contributed by atoms with E-state index in [1.807, 2.05) is 32.2 Å². The lowest BCUT2D eigenvalue weighted by Crippen LogP contribution is -2.15. The van der Waals surface area contributed by atoms with E-state index in [-0.39, 0.29) is 6.04 Å². The summed E-state index contributed by atoms with van der Waals surface area (Å²) >= 11 is 6.24. The number of nitrogens with zero attached hydrogens (tertiary/aromatic N) is 2. The third-order valence-electron chi connectivity index (χ3n) is 2.92. The van der Waals surface area contributed by atoms with Crippen LogP contribution in [0.15, 0.2) is 22.6 Å². The zero-order valence-corrected chi connectivity index (χ0v) is 11.5. The molecule has 18 heavy (non-hydrogen) atoms. The van der Waals surface area contributed by atoms with E-state index < -0.39 is 0 Å². The van der Waals surface area contributed by atoms with Crippen molar-refractivity contribution in [2.24, 2.45) is 0 Å². The van der Waals surface area contributed by atoms with Gasteiger partial charge in [0.25, 0.3) is 0 Å². The molecule has 4 nitrogen and oxygen atoms in total. The van der Waals surface area contributed by atoms with E-state index >= 15 is 0 Å². The molecule has 5 heteroatoms. The Kier molecular flexibility index (Phi) is 3.99. The molecule has 1 aromatic carbocycles. The van der Waals surface area contributed by atoms with Crippen LogP contribution >= 0.6 is 11.6 Å². The first-order valence-electron chi connectivity index (χ1n) is 5.93. The first-order valence-corrected chi connectivity index (χ1v) is 6.31. The van der Waals surface area contributed by atoms with Gasteiger partial charge < -0.3 is 9.73 Å². The van der Waals surface area contributed by atoms with Crippen molar-refractivity contribution >= 4 is 11.6 Å². The van der Waals surface area contributed by atoms with Crippen molar-refractivity contribution in [3.8, 4) is 11.5 Å². The normalized spacial score (nSPS) is 12.7. The molecule has 96 valence electrons. The highest BCUT2D eigenvalue weighted by Crippen LogP contribution is 2.30. The van der Waals surface area contributed by atoms with Gasteiger partial charge in [-0.15, -0.1) is 10.2 Å². The number of hydrogen-bond donors (Lipinski definition) is 1. The molecule has 2 aromatic rings. The molecule has 0 radical (unpaired) electrons. The van der Waals surface area contributed by atoms with Crippen LogP contribution in [0.25, 0.3) is 11.5 Å². The smallest absolute Gasteiger partial charge is 0.249 e. The standard InChI is InChI=1S/C13H16ClN3O/c1-4-10(15-3)13-17-16-12(18-13)9-7-5-6-8(2)11(9)14/h5-7,10,15H,4H2,1-3H3. The zero-order chi connectivity index (χ0) is 13.1. The van der Waals surface area contributed by atoms with Gasteiger partial charge in [-0.05, 0) is 32.0 Å².